The Bertz CT molecular complexity index is 523. The van der Waals surface area contributed by atoms with Crippen molar-refractivity contribution in [3.8, 4) is 0 Å². The van der Waals surface area contributed by atoms with Crippen molar-refractivity contribution >= 4 is 5.97 Å². The fraction of sp³-hybridized carbons (Fsp3) is 0.467. The summed E-state index contributed by atoms with van der Waals surface area (Å²) >= 11 is 0. The quantitative estimate of drug-likeness (QED) is 0.883. The first kappa shape index (κ1) is 16.8. The molecule has 2 rings (SSSR count). The van der Waals surface area contributed by atoms with Crippen LogP contribution in [0, 0.1) is 19.8 Å². The van der Waals surface area contributed by atoms with Crippen LogP contribution in [0.1, 0.15) is 36.7 Å². The second-order valence-corrected chi connectivity index (χ2v) is 5.01. The summed E-state index contributed by atoms with van der Waals surface area (Å²) in [6.07, 6.45) is 1.83. The number of carboxylic acids is 1. The number of tetrazole rings is 1. The second-order valence-electron chi connectivity index (χ2n) is 5.01. The lowest BCUT2D eigenvalue weighted by molar-refractivity contribution is -0.142. The molecule has 0 saturated heterocycles. The number of carbonyl (C=O) groups is 1. The SMILES string of the molecule is CCCC(Cc1nn[nH]n1)C(=O)O.Cc1cccc(C)c1. The van der Waals surface area contributed by atoms with E-state index < -0.39 is 11.9 Å². The van der Waals surface area contributed by atoms with E-state index in [4.69, 9.17) is 5.11 Å². The summed E-state index contributed by atoms with van der Waals surface area (Å²) in [5, 5.41) is 21.9. The number of aliphatic carboxylic acids is 1. The number of aromatic nitrogens is 4. The van der Waals surface area contributed by atoms with E-state index in [1.54, 1.807) is 0 Å². The van der Waals surface area contributed by atoms with E-state index in [1.807, 2.05) is 6.92 Å². The van der Waals surface area contributed by atoms with Crippen molar-refractivity contribution in [1.82, 2.24) is 20.6 Å². The van der Waals surface area contributed by atoms with Gasteiger partial charge in [0.2, 0.25) is 0 Å². The predicted octanol–water partition coefficient (Wildman–Crippen LogP) is 2.55. The van der Waals surface area contributed by atoms with Crippen molar-refractivity contribution in [3.63, 3.8) is 0 Å². The Morgan fingerprint density at radius 3 is 2.38 bits per heavy atom. The molecule has 6 nitrogen and oxygen atoms in total. The van der Waals surface area contributed by atoms with Gasteiger partial charge in [0.05, 0.1) is 5.92 Å². The highest BCUT2D eigenvalue weighted by Gasteiger charge is 2.18. The maximum absolute atomic E-state index is 10.7. The molecule has 0 aliphatic rings. The summed E-state index contributed by atoms with van der Waals surface area (Å²) in [5.41, 5.74) is 2.68. The van der Waals surface area contributed by atoms with Crippen LogP contribution in [0.3, 0.4) is 0 Å². The zero-order chi connectivity index (χ0) is 15.7. The molecule has 1 heterocycles. The summed E-state index contributed by atoms with van der Waals surface area (Å²) in [6.45, 7) is 6.16. The molecule has 0 bridgehead atoms. The molecular formula is C15H22N4O2. The summed E-state index contributed by atoms with van der Waals surface area (Å²) in [4.78, 5) is 10.7. The first-order valence-corrected chi connectivity index (χ1v) is 7.01. The Balaban J connectivity index is 0.000000235. The molecule has 0 fully saturated rings. The number of hydrogen-bond acceptors (Lipinski definition) is 4. The van der Waals surface area contributed by atoms with Gasteiger partial charge in [0.25, 0.3) is 0 Å². The standard InChI is InChI=1S/C8H10.C7H12N4O2/c1-7-4-3-5-8(2)6-7;1-2-3-5(7(12)13)4-6-8-10-11-9-6/h3-6H,1-2H3;5H,2-4H2,1H3,(H,12,13)(H,8,9,10,11). The van der Waals surface area contributed by atoms with Crippen molar-refractivity contribution in [2.45, 2.75) is 40.0 Å². The third-order valence-corrected chi connectivity index (χ3v) is 2.98. The maximum Gasteiger partial charge on any atom is 0.306 e. The predicted molar refractivity (Wildman–Crippen MR) is 79.8 cm³/mol. The Kier molecular flexibility index (Phi) is 7.08. The highest BCUT2D eigenvalue weighted by atomic mass is 16.4. The molecule has 114 valence electrons. The maximum atomic E-state index is 10.7. The van der Waals surface area contributed by atoms with Crippen LogP contribution in [-0.2, 0) is 11.2 Å². The van der Waals surface area contributed by atoms with Gasteiger partial charge in [-0.05, 0) is 20.3 Å². The molecule has 0 amide bonds. The van der Waals surface area contributed by atoms with Gasteiger partial charge in [-0.2, -0.15) is 5.21 Å². The molecule has 21 heavy (non-hydrogen) atoms. The van der Waals surface area contributed by atoms with Gasteiger partial charge in [0.15, 0.2) is 5.82 Å². The van der Waals surface area contributed by atoms with Crippen molar-refractivity contribution in [1.29, 1.82) is 0 Å². The molecule has 0 saturated carbocycles. The van der Waals surface area contributed by atoms with E-state index >= 15 is 0 Å². The van der Waals surface area contributed by atoms with Gasteiger partial charge in [0.1, 0.15) is 0 Å². The lowest BCUT2D eigenvalue weighted by Crippen LogP contribution is -2.16. The van der Waals surface area contributed by atoms with E-state index in [-0.39, 0.29) is 0 Å². The van der Waals surface area contributed by atoms with Crippen LogP contribution < -0.4 is 0 Å². The average Bonchev–Trinajstić information content (AvgIpc) is 2.91. The summed E-state index contributed by atoms with van der Waals surface area (Å²) < 4.78 is 0. The molecule has 1 aromatic heterocycles. The van der Waals surface area contributed by atoms with Crippen molar-refractivity contribution in [2.24, 2.45) is 5.92 Å². The Morgan fingerprint density at radius 1 is 1.33 bits per heavy atom. The third-order valence-electron chi connectivity index (χ3n) is 2.98. The van der Waals surface area contributed by atoms with E-state index in [2.05, 4.69) is 58.7 Å². The Hall–Kier alpha value is -2.24. The van der Waals surface area contributed by atoms with Gasteiger partial charge in [-0.15, -0.1) is 10.2 Å². The van der Waals surface area contributed by atoms with Crippen LogP contribution in [0.4, 0.5) is 0 Å². The lowest BCUT2D eigenvalue weighted by Gasteiger charge is -2.06. The molecule has 2 N–H and O–H groups in total. The molecule has 0 aliphatic carbocycles. The average molecular weight is 290 g/mol. The van der Waals surface area contributed by atoms with Gasteiger partial charge in [-0.3, -0.25) is 4.79 Å². The minimum absolute atomic E-state index is 0.347. The molecule has 0 aliphatic heterocycles. The third kappa shape index (κ3) is 6.65. The van der Waals surface area contributed by atoms with Crippen LogP contribution in [0.25, 0.3) is 0 Å². The minimum Gasteiger partial charge on any atom is -0.481 e. The summed E-state index contributed by atoms with van der Waals surface area (Å²) in [7, 11) is 0. The van der Waals surface area contributed by atoms with Gasteiger partial charge in [0, 0.05) is 6.42 Å². The number of carboxylic acid groups (broad SMARTS) is 1. The van der Waals surface area contributed by atoms with Crippen LogP contribution in [0.5, 0.6) is 0 Å². The van der Waals surface area contributed by atoms with Crippen LogP contribution in [0.2, 0.25) is 0 Å². The summed E-state index contributed by atoms with van der Waals surface area (Å²) in [6, 6.07) is 8.45. The summed E-state index contributed by atoms with van der Waals surface area (Å²) in [5.74, 6) is -0.741. The number of rotatable bonds is 5. The van der Waals surface area contributed by atoms with Crippen LogP contribution in [0.15, 0.2) is 24.3 Å². The molecule has 2 aromatic rings. The number of hydrogen-bond donors (Lipinski definition) is 2. The molecule has 1 atom stereocenters. The fourth-order valence-electron chi connectivity index (χ4n) is 1.96. The molecule has 0 radical (unpaired) electrons. The van der Waals surface area contributed by atoms with E-state index in [1.165, 1.54) is 11.1 Å². The molecule has 1 aromatic carbocycles. The molecule has 0 spiro atoms. The Labute approximate surface area is 124 Å². The van der Waals surface area contributed by atoms with Gasteiger partial charge in [-0.25, -0.2) is 0 Å². The zero-order valence-corrected chi connectivity index (χ0v) is 12.7. The van der Waals surface area contributed by atoms with Crippen LogP contribution >= 0.6 is 0 Å². The highest BCUT2D eigenvalue weighted by Crippen LogP contribution is 2.10. The minimum atomic E-state index is -0.799. The Morgan fingerprint density at radius 2 is 2.00 bits per heavy atom. The van der Waals surface area contributed by atoms with Gasteiger partial charge in [-0.1, -0.05) is 54.0 Å². The molecule has 6 heteroatoms. The number of H-pyrrole nitrogens is 1. The largest absolute Gasteiger partial charge is 0.481 e. The lowest BCUT2D eigenvalue weighted by atomic mass is 10.00. The first-order chi connectivity index (χ1) is 10.0. The zero-order valence-electron chi connectivity index (χ0n) is 12.7. The highest BCUT2D eigenvalue weighted by molar-refractivity contribution is 5.70. The normalized spacial score (nSPS) is 11.4. The number of benzene rings is 1. The number of aromatic amines is 1. The topological polar surface area (TPSA) is 91.8 Å². The van der Waals surface area contributed by atoms with Crippen molar-refractivity contribution in [2.75, 3.05) is 0 Å². The van der Waals surface area contributed by atoms with E-state index in [0.717, 1.165) is 6.42 Å². The van der Waals surface area contributed by atoms with E-state index in [9.17, 15) is 4.79 Å². The van der Waals surface area contributed by atoms with Gasteiger partial charge >= 0.3 is 5.97 Å². The smallest absolute Gasteiger partial charge is 0.306 e. The molecular weight excluding hydrogens is 268 g/mol. The van der Waals surface area contributed by atoms with Crippen LogP contribution in [-0.4, -0.2) is 31.7 Å². The number of nitrogens with zero attached hydrogens (tertiary/aromatic N) is 3. The first-order valence-electron chi connectivity index (χ1n) is 7.01. The van der Waals surface area contributed by atoms with Crippen molar-refractivity contribution in [3.05, 3.63) is 41.2 Å². The van der Waals surface area contributed by atoms with Crippen molar-refractivity contribution < 1.29 is 9.90 Å². The number of nitrogens with one attached hydrogen (secondary N) is 1. The second kappa shape index (κ2) is 8.84. The van der Waals surface area contributed by atoms with Gasteiger partial charge < -0.3 is 5.11 Å². The monoisotopic (exact) mass is 290 g/mol. The fourth-order valence-corrected chi connectivity index (χ4v) is 1.96. The number of aryl methyl sites for hydroxylation is 2. The van der Waals surface area contributed by atoms with E-state index in [0.29, 0.717) is 18.7 Å². The molecule has 1 unspecified atom stereocenters.